The number of hydrogen-bond acceptors (Lipinski definition) is 5. The fourth-order valence-corrected chi connectivity index (χ4v) is 6.68. The Bertz CT molecular complexity index is 1470. The van der Waals surface area contributed by atoms with Gasteiger partial charge in [-0.2, -0.15) is 0 Å². The van der Waals surface area contributed by atoms with Gasteiger partial charge in [-0.1, -0.05) is 42.5 Å². The van der Waals surface area contributed by atoms with Crippen molar-refractivity contribution in [1.82, 2.24) is 0 Å². The van der Waals surface area contributed by atoms with Crippen LogP contribution in [0.5, 0.6) is 0 Å². The van der Waals surface area contributed by atoms with Gasteiger partial charge in [-0.05, 0) is 54.3 Å². The summed E-state index contributed by atoms with van der Waals surface area (Å²) in [4.78, 5) is 36.9. The van der Waals surface area contributed by atoms with Crippen LogP contribution in [0.2, 0.25) is 0 Å². The van der Waals surface area contributed by atoms with Gasteiger partial charge in [0.25, 0.3) is 0 Å². The van der Waals surface area contributed by atoms with E-state index in [1.54, 1.807) is 18.2 Å². The van der Waals surface area contributed by atoms with Crippen molar-refractivity contribution < 1.29 is 28.3 Å². The molecule has 6 rings (SSSR count). The molecule has 3 aliphatic heterocycles. The predicted octanol–water partition coefficient (Wildman–Crippen LogP) is 5.35. The number of aldehydes is 1. The van der Waals surface area contributed by atoms with Gasteiger partial charge in [0.15, 0.2) is 0 Å². The molecular formula is C33H36N3O5+. The number of fused-ring (bicyclic) bond motifs is 5. The Morgan fingerprint density at radius 1 is 0.951 bits per heavy atom. The van der Waals surface area contributed by atoms with Crippen molar-refractivity contribution in [3.8, 4) is 11.1 Å². The van der Waals surface area contributed by atoms with E-state index in [-0.39, 0.29) is 18.4 Å². The van der Waals surface area contributed by atoms with E-state index < -0.39 is 6.09 Å². The SMILES string of the molecule is Cc1cc(C=O)ccc1NC(=O)CCc1ccc(-c2ccccc2)c(NC(=O)O[C@@H]2C[C@@H]3[C@H]4O[C@H]4[C@H](C2)[N+]3(C)C)c1. The molecule has 0 radical (unpaired) electrons. The molecule has 8 heteroatoms. The Balaban J connectivity index is 1.13. The van der Waals surface area contributed by atoms with Crippen LogP contribution in [0.4, 0.5) is 16.2 Å². The first-order valence-electron chi connectivity index (χ1n) is 14.2. The number of piperidine rings is 1. The van der Waals surface area contributed by atoms with Gasteiger partial charge in [0.2, 0.25) is 5.91 Å². The van der Waals surface area contributed by atoms with Gasteiger partial charge in [-0.15, -0.1) is 0 Å². The molecule has 3 saturated heterocycles. The van der Waals surface area contributed by atoms with E-state index in [4.69, 9.17) is 9.47 Å². The first kappa shape index (κ1) is 27.2. The molecule has 2 N–H and O–H groups in total. The first-order chi connectivity index (χ1) is 19.7. The Morgan fingerprint density at radius 2 is 1.68 bits per heavy atom. The summed E-state index contributed by atoms with van der Waals surface area (Å²) in [5.41, 5.74) is 5.54. The molecule has 0 unspecified atom stereocenters. The Labute approximate surface area is 240 Å². The molecule has 3 aliphatic rings. The zero-order valence-corrected chi connectivity index (χ0v) is 23.6. The summed E-state index contributed by atoms with van der Waals surface area (Å²) < 4.78 is 12.8. The minimum Gasteiger partial charge on any atom is -0.445 e. The molecule has 2 bridgehead atoms. The lowest BCUT2D eigenvalue weighted by Crippen LogP contribution is -2.60. The number of likely N-dealkylation sites (N-methyl/N-ethyl adjacent to an activating group) is 1. The number of hydrogen-bond donors (Lipinski definition) is 2. The largest absolute Gasteiger partial charge is 0.445 e. The number of carbonyl (C=O) groups is 3. The molecule has 0 spiro atoms. The van der Waals surface area contributed by atoms with Gasteiger partial charge in [0.1, 0.15) is 36.7 Å². The number of anilines is 2. The van der Waals surface area contributed by atoms with E-state index in [1.807, 2.05) is 55.5 Å². The number of nitrogens with one attached hydrogen (secondary N) is 2. The third-order valence-corrected chi connectivity index (χ3v) is 9.02. The van der Waals surface area contributed by atoms with Crippen molar-refractivity contribution in [2.45, 2.75) is 63.0 Å². The zero-order valence-electron chi connectivity index (χ0n) is 23.6. The summed E-state index contributed by atoms with van der Waals surface area (Å²) >= 11 is 0. The molecule has 0 aromatic heterocycles. The van der Waals surface area contributed by atoms with Gasteiger partial charge in [0.05, 0.1) is 19.8 Å². The highest BCUT2D eigenvalue weighted by Crippen LogP contribution is 2.51. The smallest absolute Gasteiger partial charge is 0.411 e. The number of morpholine rings is 1. The van der Waals surface area contributed by atoms with Crippen LogP contribution in [0.15, 0.2) is 66.7 Å². The topological polar surface area (TPSA) is 97.0 Å². The average molecular weight is 555 g/mol. The first-order valence-corrected chi connectivity index (χ1v) is 14.2. The summed E-state index contributed by atoms with van der Waals surface area (Å²) in [7, 11) is 4.51. The zero-order chi connectivity index (χ0) is 28.7. The monoisotopic (exact) mass is 554 g/mol. The number of rotatable bonds is 8. The maximum absolute atomic E-state index is 13.2. The maximum atomic E-state index is 13.2. The van der Waals surface area contributed by atoms with E-state index in [0.29, 0.717) is 47.7 Å². The van der Waals surface area contributed by atoms with Crippen LogP contribution in [-0.2, 0) is 20.7 Å². The molecular weight excluding hydrogens is 518 g/mol. The van der Waals surface area contributed by atoms with Crippen molar-refractivity contribution >= 4 is 29.7 Å². The molecule has 3 heterocycles. The third-order valence-electron chi connectivity index (χ3n) is 9.02. The Morgan fingerprint density at radius 3 is 2.37 bits per heavy atom. The lowest BCUT2D eigenvalue weighted by atomic mass is 9.96. The van der Waals surface area contributed by atoms with Crippen molar-refractivity contribution in [3.63, 3.8) is 0 Å². The molecule has 0 aliphatic carbocycles. The van der Waals surface area contributed by atoms with Crippen molar-refractivity contribution in [2.75, 3.05) is 24.7 Å². The van der Waals surface area contributed by atoms with E-state index in [0.717, 1.165) is 45.9 Å². The second kappa shape index (κ2) is 10.8. The second-order valence-corrected chi connectivity index (χ2v) is 11.9. The molecule has 41 heavy (non-hydrogen) atoms. The summed E-state index contributed by atoms with van der Waals surface area (Å²) in [6.45, 7) is 1.86. The highest BCUT2D eigenvalue weighted by atomic mass is 16.6. The highest BCUT2D eigenvalue weighted by Gasteiger charge is 2.70. The molecule has 2 amide bonds. The van der Waals surface area contributed by atoms with Crippen molar-refractivity contribution in [3.05, 3.63) is 83.4 Å². The summed E-state index contributed by atoms with van der Waals surface area (Å²) in [6.07, 6.45) is 3.16. The molecule has 5 atom stereocenters. The number of epoxide rings is 1. The number of quaternary nitrogens is 1. The van der Waals surface area contributed by atoms with Crippen LogP contribution in [-0.4, -0.2) is 67.3 Å². The van der Waals surface area contributed by atoms with Crippen LogP contribution < -0.4 is 10.6 Å². The third kappa shape index (κ3) is 5.49. The number of nitrogens with zero attached hydrogens (tertiary/aromatic N) is 1. The average Bonchev–Trinajstić information content (AvgIpc) is 3.72. The van der Waals surface area contributed by atoms with Gasteiger partial charge >= 0.3 is 6.09 Å². The number of carbonyl (C=O) groups excluding carboxylic acids is 3. The molecule has 212 valence electrons. The Kier molecular flexibility index (Phi) is 7.13. The summed E-state index contributed by atoms with van der Waals surface area (Å²) in [6, 6.07) is 21.7. The van der Waals surface area contributed by atoms with E-state index in [1.165, 1.54) is 0 Å². The minimum absolute atomic E-state index is 0.122. The number of amides is 2. The van der Waals surface area contributed by atoms with Crippen LogP contribution in [0.1, 0.15) is 40.7 Å². The van der Waals surface area contributed by atoms with Gasteiger partial charge in [-0.25, -0.2) is 4.79 Å². The number of ether oxygens (including phenoxy) is 2. The Hall–Kier alpha value is -4.01. The second-order valence-electron chi connectivity index (χ2n) is 11.9. The quantitative estimate of drug-likeness (QED) is 0.222. The maximum Gasteiger partial charge on any atom is 0.411 e. The van der Waals surface area contributed by atoms with Crippen LogP contribution in [0.25, 0.3) is 11.1 Å². The molecule has 3 fully saturated rings. The van der Waals surface area contributed by atoms with E-state index in [9.17, 15) is 14.4 Å². The highest BCUT2D eigenvalue weighted by molar-refractivity contribution is 5.93. The molecule has 8 nitrogen and oxygen atoms in total. The molecule has 3 aromatic rings. The van der Waals surface area contributed by atoms with Crippen molar-refractivity contribution in [1.29, 1.82) is 0 Å². The predicted molar refractivity (Wildman–Crippen MR) is 157 cm³/mol. The van der Waals surface area contributed by atoms with Crippen molar-refractivity contribution in [2.24, 2.45) is 0 Å². The van der Waals surface area contributed by atoms with Crippen LogP contribution in [0, 0.1) is 6.92 Å². The van der Waals surface area contributed by atoms with Crippen LogP contribution >= 0.6 is 0 Å². The fourth-order valence-electron chi connectivity index (χ4n) is 6.68. The lowest BCUT2D eigenvalue weighted by molar-refractivity contribution is -0.938. The van der Waals surface area contributed by atoms with Gasteiger partial charge < -0.3 is 19.3 Å². The lowest BCUT2D eigenvalue weighted by Gasteiger charge is -2.45. The summed E-state index contributed by atoms with van der Waals surface area (Å²) in [5, 5.41) is 5.94. The standard InChI is InChI=1S/C33H35N3O5/c1-20-15-22(19-37)10-13-26(20)34-30(38)14-11-21-9-12-25(23-7-5-4-6-8-23)27(16-21)35-33(39)40-24-17-28-31-32(41-31)29(18-24)36(28,2)3/h4-10,12-13,15-16,19,24,28-29,31-32H,11,14,17-18H2,1-3H3,(H-,34,35,37,38,39)/p+1/t24-,28-,29+,31-,32+. The molecule has 0 saturated carbocycles. The fraction of sp³-hybridized carbons (Fsp3) is 0.364. The summed E-state index contributed by atoms with van der Waals surface area (Å²) in [5.74, 6) is -0.122. The molecule has 3 aromatic carbocycles. The van der Waals surface area contributed by atoms with E-state index in [2.05, 4.69) is 24.7 Å². The number of benzene rings is 3. The van der Waals surface area contributed by atoms with Crippen LogP contribution in [0.3, 0.4) is 0 Å². The van der Waals surface area contributed by atoms with Gasteiger partial charge in [-0.3, -0.25) is 14.9 Å². The minimum atomic E-state index is -0.461. The van der Waals surface area contributed by atoms with Gasteiger partial charge in [0, 0.05) is 36.1 Å². The number of aryl methyl sites for hydroxylation is 2. The van der Waals surface area contributed by atoms with E-state index >= 15 is 0 Å². The normalized spacial score (nSPS) is 25.1.